The number of halogens is 3. The zero-order valence-corrected chi connectivity index (χ0v) is 18.7. The third-order valence-corrected chi connectivity index (χ3v) is 6.31. The highest BCUT2D eigenvalue weighted by Crippen LogP contribution is 2.33. The Hall–Kier alpha value is -3.04. The summed E-state index contributed by atoms with van der Waals surface area (Å²) in [6, 6.07) is 6.01. The van der Waals surface area contributed by atoms with Crippen molar-refractivity contribution >= 4 is 17.5 Å². The van der Waals surface area contributed by atoms with Crippen LogP contribution in [0.15, 0.2) is 30.5 Å². The predicted octanol–water partition coefficient (Wildman–Crippen LogP) is 3.65. The Balaban J connectivity index is 1.40. The highest BCUT2D eigenvalue weighted by molar-refractivity contribution is 5.92. The molecule has 0 spiro atoms. The molecule has 1 aromatic carbocycles. The van der Waals surface area contributed by atoms with Gasteiger partial charge in [0.15, 0.2) is 0 Å². The summed E-state index contributed by atoms with van der Waals surface area (Å²) in [7, 11) is 1.50. The van der Waals surface area contributed by atoms with Crippen LogP contribution in [0.3, 0.4) is 0 Å². The third-order valence-electron chi connectivity index (χ3n) is 6.31. The first-order valence-corrected chi connectivity index (χ1v) is 11.1. The molecule has 1 aromatic heterocycles. The lowest BCUT2D eigenvalue weighted by Crippen LogP contribution is -2.53. The maximum absolute atomic E-state index is 14.5. The molecule has 7 nitrogen and oxygen atoms in total. The first kappa shape index (κ1) is 23.1. The van der Waals surface area contributed by atoms with E-state index >= 15 is 0 Å². The monoisotopic (exact) mass is 463 g/mol. The van der Waals surface area contributed by atoms with Crippen molar-refractivity contribution in [3.8, 4) is 5.75 Å². The molecule has 178 valence electrons. The highest BCUT2D eigenvalue weighted by atomic mass is 19.3. The number of nitrogens with one attached hydrogen (secondary N) is 1. The molecule has 33 heavy (non-hydrogen) atoms. The molecule has 0 bridgehead atoms. The number of nitrogens with zero attached hydrogens (tertiary/aromatic N) is 4. The Labute approximate surface area is 191 Å². The Morgan fingerprint density at radius 1 is 1.21 bits per heavy atom. The van der Waals surface area contributed by atoms with Gasteiger partial charge in [-0.1, -0.05) is 0 Å². The first-order valence-electron chi connectivity index (χ1n) is 11.1. The molecule has 2 aromatic rings. The fraction of sp³-hybridized carbons (Fsp3) is 0.522. The maximum Gasteiger partial charge on any atom is 0.270 e. The van der Waals surface area contributed by atoms with Gasteiger partial charge in [0, 0.05) is 56.8 Å². The minimum absolute atomic E-state index is 0.0286. The molecule has 2 heterocycles. The SMILES string of the molecule is COc1ccc(N2CCN(c3nccc(C(=O)NC4CCC(F)(F)CC4)n3)C(C)C2)c(F)c1. The number of benzene rings is 1. The number of ether oxygens (including phenoxy) is 1. The molecule has 1 saturated carbocycles. The average molecular weight is 464 g/mol. The van der Waals surface area contributed by atoms with Gasteiger partial charge in [0.1, 0.15) is 17.3 Å². The molecule has 1 unspecified atom stereocenters. The third kappa shape index (κ3) is 5.31. The van der Waals surface area contributed by atoms with Crippen molar-refractivity contribution in [2.75, 3.05) is 36.5 Å². The van der Waals surface area contributed by atoms with Crippen LogP contribution < -0.4 is 19.9 Å². The van der Waals surface area contributed by atoms with Gasteiger partial charge in [-0.25, -0.2) is 23.1 Å². The number of amides is 1. The van der Waals surface area contributed by atoms with Crippen LogP contribution in [-0.2, 0) is 0 Å². The van der Waals surface area contributed by atoms with Gasteiger partial charge in [0.25, 0.3) is 5.91 Å². The Bertz CT molecular complexity index is 996. The van der Waals surface area contributed by atoms with Gasteiger partial charge in [-0.3, -0.25) is 4.79 Å². The molecule has 2 fully saturated rings. The summed E-state index contributed by atoms with van der Waals surface area (Å²) in [5.74, 6) is -2.49. The average Bonchev–Trinajstić information content (AvgIpc) is 2.80. The molecular formula is C23H28F3N5O2. The number of carbonyl (C=O) groups excluding carboxylic acids is 1. The van der Waals surface area contributed by atoms with E-state index < -0.39 is 5.92 Å². The zero-order valence-electron chi connectivity index (χ0n) is 18.7. The summed E-state index contributed by atoms with van der Waals surface area (Å²) in [6.45, 7) is 3.66. The minimum atomic E-state index is -2.64. The van der Waals surface area contributed by atoms with Gasteiger partial charge in [0.2, 0.25) is 11.9 Å². The van der Waals surface area contributed by atoms with Gasteiger partial charge < -0.3 is 19.9 Å². The Kier molecular flexibility index (Phi) is 6.62. The van der Waals surface area contributed by atoms with Gasteiger partial charge in [-0.2, -0.15) is 0 Å². The van der Waals surface area contributed by atoms with E-state index in [1.54, 1.807) is 12.1 Å². The Morgan fingerprint density at radius 3 is 2.64 bits per heavy atom. The highest BCUT2D eigenvalue weighted by Gasteiger charge is 2.35. The van der Waals surface area contributed by atoms with E-state index in [1.807, 2.05) is 16.7 Å². The molecular weight excluding hydrogens is 435 g/mol. The predicted molar refractivity (Wildman–Crippen MR) is 119 cm³/mol. The van der Waals surface area contributed by atoms with Crippen molar-refractivity contribution in [2.45, 2.75) is 50.6 Å². The molecule has 0 radical (unpaired) electrons. The molecule has 1 atom stereocenters. The van der Waals surface area contributed by atoms with Crippen LogP contribution >= 0.6 is 0 Å². The second-order valence-corrected chi connectivity index (χ2v) is 8.65. The fourth-order valence-corrected chi connectivity index (χ4v) is 4.40. The number of hydrogen-bond acceptors (Lipinski definition) is 6. The number of hydrogen-bond donors (Lipinski definition) is 1. The molecule has 1 amide bonds. The number of aromatic nitrogens is 2. The van der Waals surface area contributed by atoms with Crippen molar-refractivity contribution in [3.05, 3.63) is 42.0 Å². The summed E-state index contributed by atoms with van der Waals surface area (Å²) in [4.78, 5) is 25.3. The van der Waals surface area contributed by atoms with Crippen molar-refractivity contribution < 1.29 is 22.7 Å². The lowest BCUT2D eigenvalue weighted by atomic mass is 9.92. The quantitative estimate of drug-likeness (QED) is 0.730. The van der Waals surface area contributed by atoms with Crippen molar-refractivity contribution in [3.63, 3.8) is 0 Å². The van der Waals surface area contributed by atoms with E-state index in [0.29, 0.717) is 37.0 Å². The van der Waals surface area contributed by atoms with Crippen LogP contribution in [0.5, 0.6) is 5.75 Å². The maximum atomic E-state index is 14.5. The van der Waals surface area contributed by atoms with E-state index in [9.17, 15) is 18.0 Å². The van der Waals surface area contributed by atoms with Gasteiger partial charge >= 0.3 is 0 Å². The number of methoxy groups -OCH3 is 1. The zero-order chi connectivity index (χ0) is 23.6. The van der Waals surface area contributed by atoms with E-state index in [1.165, 1.54) is 25.4 Å². The largest absolute Gasteiger partial charge is 0.497 e. The van der Waals surface area contributed by atoms with Crippen LogP contribution in [0.25, 0.3) is 0 Å². The number of carbonyl (C=O) groups is 1. The van der Waals surface area contributed by atoms with Gasteiger partial charge in [-0.05, 0) is 38.0 Å². The van der Waals surface area contributed by atoms with E-state index in [0.717, 1.165) is 0 Å². The van der Waals surface area contributed by atoms with Crippen molar-refractivity contribution in [1.82, 2.24) is 15.3 Å². The smallest absolute Gasteiger partial charge is 0.270 e. The van der Waals surface area contributed by atoms with Crippen LogP contribution in [0, 0.1) is 5.82 Å². The second kappa shape index (κ2) is 9.44. The normalized spacial score (nSPS) is 21.1. The molecule has 1 aliphatic heterocycles. The number of rotatable bonds is 5. The number of piperazine rings is 1. The molecule has 1 N–H and O–H groups in total. The molecule has 1 aliphatic carbocycles. The second-order valence-electron chi connectivity index (χ2n) is 8.65. The van der Waals surface area contributed by atoms with Crippen LogP contribution in [0.4, 0.5) is 24.8 Å². The summed E-state index contributed by atoms with van der Waals surface area (Å²) in [5.41, 5.74) is 0.711. The van der Waals surface area contributed by atoms with Crippen molar-refractivity contribution in [1.29, 1.82) is 0 Å². The van der Waals surface area contributed by atoms with Gasteiger partial charge in [-0.15, -0.1) is 0 Å². The summed E-state index contributed by atoms with van der Waals surface area (Å²) in [5, 5.41) is 2.82. The molecule has 4 rings (SSSR count). The summed E-state index contributed by atoms with van der Waals surface area (Å²) < 4.78 is 46.3. The lowest BCUT2D eigenvalue weighted by Gasteiger charge is -2.41. The van der Waals surface area contributed by atoms with Crippen molar-refractivity contribution in [2.24, 2.45) is 0 Å². The first-order chi connectivity index (χ1) is 15.8. The number of alkyl halides is 2. The Morgan fingerprint density at radius 2 is 1.97 bits per heavy atom. The van der Waals surface area contributed by atoms with E-state index in [2.05, 4.69) is 15.3 Å². The summed E-state index contributed by atoms with van der Waals surface area (Å²) >= 11 is 0. The molecule has 2 aliphatic rings. The van der Waals surface area contributed by atoms with Crippen LogP contribution in [0.2, 0.25) is 0 Å². The molecule has 10 heteroatoms. The fourth-order valence-electron chi connectivity index (χ4n) is 4.40. The minimum Gasteiger partial charge on any atom is -0.497 e. The van der Waals surface area contributed by atoms with E-state index in [4.69, 9.17) is 4.74 Å². The van der Waals surface area contributed by atoms with E-state index in [-0.39, 0.29) is 55.2 Å². The van der Waals surface area contributed by atoms with Crippen LogP contribution in [0.1, 0.15) is 43.1 Å². The molecule has 1 saturated heterocycles. The van der Waals surface area contributed by atoms with Gasteiger partial charge in [0.05, 0.1) is 12.8 Å². The standard InChI is InChI=1S/C23H28F3N5O2/c1-15-14-30(20-4-3-17(33-2)13-18(20)24)11-12-31(15)22-27-10-7-19(29-22)21(32)28-16-5-8-23(25,26)9-6-16/h3-4,7,10,13,15-16H,5-6,8-9,11-12,14H2,1-2H3,(H,28,32). The van der Waals surface area contributed by atoms with Crippen LogP contribution in [-0.4, -0.2) is 60.6 Å². The lowest BCUT2D eigenvalue weighted by molar-refractivity contribution is -0.0399. The number of anilines is 2. The topological polar surface area (TPSA) is 70.6 Å². The summed E-state index contributed by atoms with van der Waals surface area (Å²) in [6.07, 6.45) is 1.58.